The lowest BCUT2D eigenvalue weighted by molar-refractivity contribution is -0.143. The van der Waals surface area contributed by atoms with Crippen LogP contribution in [0.15, 0.2) is 109 Å². The summed E-state index contributed by atoms with van der Waals surface area (Å²) in [4.78, 5) is 32.6. The third-order valence-corrected chi connectivity index (χ3v) is 5.56. The second-order valence-corrected chi connectivity index (χ2v) is 8.14. The molecule has 0 saturated heterocycles. The van der Waals surface area contributed by atoms with Crippen LogP contribution in [-0.4, -0.2) is 28.3 Å². The number of amides is 2. The first-order valence-electron chi connectivity index (χ1n) is 11.5. The maximum absolute atomic E-state index is 13.6. The standard InChI is InChI=1S/C29H26FN3O3/c30-25-15-13-22(14-16-25)20-33(27(34)21-36-26-11-5-2-6-12-26)28(24-9-3-1-4-10-24)29(35)32-19-23-8-7-17-31-18-23/h1-18,28H,19-21H2,(H,32,35)/t28-/m1/s1. The number of carbonyl (C=O) groups is 2. The highest BCUT2D eigenvalue weighted by atomic mass is 19.1. The lowest BCUT2D eigenvalue weighted by Gasteiger charge is -2.31. The third-order valence-electron chi connectivity index (χ3n) is 5.56. The average Bonchev–Trinajstić information content (AvgIpc) is 2.93. The first kappa shape index (κ1) is 24.6. The average molecular weight is 484 g/mol. The Kier molecular flexibility index (Phi) is 8.38. The number of para-hydroxylation sites is 1. The number of ether oxygens (including phenoxy) is 1. The summed E-state index contributed by atoms with van der Waals surface area (Å²) in [7, 11) is 0. The fourth-order valence-corrected chi connectivity index (χ4v) is 3.75. The fraction of sp³-hybridized carbons (Fsp3) is 0.138. The van der Waals surface area contributed by atoms with Gasteiger partial charge < -0.3 is 15.0 Å². The Labute approximate surface area is 209 Å². The highest BCUT2D eigenvalue weighted by Crippen LogP contribution is 2.25. The van der Waals surface area contributed by atoms with Crippen LogP contribution in [-0.2, 0) is 22.7 Å². The molecule has 3 aromatic carbocycles. The summed E-state index contributed by atoms with van der Waals surface area (Å²) in [6.45, 7) is 0.0939. The number of pyridine rings is 1. The van der Waals surface area contributed by atoms with Gasteiger partial charge in [0.05, 0.1) is 0 Å². The summed E-state index contributed by atoms with van der Waals surface area (Å²) < 4.78 is 19.2. The molecule has 0 unspecified atom stereocenters. The Balaban J connectivity index is 1.62. The Hall–Kier alpha value is -4.52. The first-order chi connectivity index (χ1) is 17.6. The molecule has 0 fully saturated rings. The zero-order valence-electron chi connectivity index (χ0n) is 19.6. The molecule has 0 radical (unpaired) electrons. The Morgan fingerprint density at radius 3 is 2.22 bits per heavy atom. The quantitative estimate of drug-likeness (QED) is 0.355. The summed E-state index contributed by atoms with van der Waals surface area (Å²) in [6, 6.07) is 26.7. The van der Waals surface area contributed by atoms with E-state index < -0.39 is 6.04 Å². The molecule has 0 bridgehead atoms. The van der Waals surface area contributed by atoms with Gasteiger partial charge in [-0.15, -0.1) is 0 Å². The summed E-state index contributed by atoms with van der Waals surface area (Å²) in [6.07, 6.45) is 3.33. The highest BCUT2D eigenvalue weighted by molar-refractivity contribution is 5.89. The van der Waals surface area contributed by atoms with Crippen LogP contribution in [0.5, 0.6) is 5.75 Å². The molecule has 182 valence electrons. The van der Waals surface area contributed by atoms with E-state index in [-0.39, 0.29) is 37.3 Å². The molecule has 0 aliphatic heterocycles. The summed E-state index contributed by atoms with van der Waals surface area (Å²) in [5.74, 6) is -0.559. The molecule has 0 saturated carbocycles. The normalized spacial score (nSPS) is 11.4. The lowest BCUT2D eigenvalue weighted by atomic mass is 10.0. The van der Waals surface area contributed by atoms with Crippen molar-refractivity contribution in [2.24, 2.45) is 0 Å². The van der Waals surface area contributed by atoms with E-state index in [1.54, 1.807) is 54.9 Å². The molecule has 0 aliphatic rings. The Morgan fingerprint density at radius 2 is 1.56 bits per heavy atom. The number of rotatable bonds is 10. The topological polar surface area (TPSA) is 71.5 Å². The fourth-order valence-electron chi connectivity index (χ4n) is 3.75. The van der Waals surface area contributed by atoms with E-state index in [2.05, 4.69) is 10.3 Å². The molecule has 4 rings (SSSR count). The number of hydrogen-bond acceptors (Lipinski definition) is 4. The molecular formula is C29H26FN3O3. The van der Waals surface area contributed by atoms with Crippen LogP contribution in [0, 0.1) is 5.82 Å². The zero-order valence-corrected chi connectivity index (χ0v) is 19.6. The molecule has 7 heteroatoms. The minimum atomic E-state index is -0.931. The molecule has 1 N–H and O–H groups in total. The number of aromatic nitrogens is 1. The van der Waals surface area contributed by atoms with Crippen molar-refractivity contribution >= 4 is 11.8 Å². The van der Waals surface area contributed by atoms with E-state index >= 15 is 0 Å². The molecule has 0 spiro atoms. The maximum Gasteiger partial charge on any atom is 0.261 e. The lowest BCUT2D eigenvalue weighted by Crippen LogP contribution is -2.45. The minimum absolute atomic E-state index is 0.0944. The van der Waals surface area contributed by atoms with Gasteiger partial charge in [0, 0.05) is 25.5 Å². The largest absolute Gasteiger partial charge is 0.484 e. The van der Waals surface area contributed by atoms with E-state index in [1.807, 2.05) is 42.5 Å². The van der Waals surface area contributed by atoms with Crippen LogP contribution in [0.1, 0.15) is 22.7 Å². The van der Waals surface area contributed by atoms with Crippen LogP contribution < -0.4 is 10.1 Å². The van der Waals surface area contributed by atoms with Crippen molar-refractivity contribution in [1.82, 2.24) is 15.2 Å². The first-order valence-corrected chi connectivity index (χ1v) is 11.5. The van der Waals surface area contributed by atoms with Crippen molar-refractivity contribution in [2.45, 2.75) is 19.1 Å². The second kappa shape index (κ2) is 12.3. The monoisotopic (exact) mass is 483 g/mol. The highest BCUT2D eigenvalue weighted by Gasteiger charge is 2.31. The van der Waals surface area contributed by atoms with E-state index in [4.69, 9.17) is 4.74 Å². The van der Waals surface area contributed by atoms with Gasteiger partial charge in [-0.1, -0.05) is 66.7 Å². The van der Waals surface area contributed by atoms with Gasteiger partial charge in [0.1, 0.15) is 17.6 Å². The van der Waals surface area contributed by atoms with E-state index in [0.717, 1.165) is 5.56 Å². The number of nitrogens with zero attached hydrogens (tertiary/aromatic N) is 2. The minimum Gasteiger partial charge on any atom is -0.484 e. The van der Waals surface area contributed by atoms with E-state index in [9.17, 15) is 14.0 Å². The van der Waals surface area contributed by atoms with Gasteiger partial charge in [-0.3, -0.25) is 14.6 Å². The van der Waals surface area contributed by atoms with Gasteiger partial charge in [0.15, 0.2) is 6.61 Å². The molecule has 4 aromatic rings. The van der Waals surface area contributed by atoms with Crippen LogP contribution in [0.3, 0.4) is 0 Å². The van der Waals surface area contributed by atoms with Crippen LogP contribution in [0.25, 0.3) is 0 Å². The summed E-state index contributed by atoms with van der Waals surface area (Å²) in [5.41, 5.74) is 2.17. The third kappa shape index (κ3) is 6.76. The van der Waals surface area contributed by atoms with Gasteiger partial charge in [0.2, 0.25) is 5.91 Å². The molecule has 0 aliphatic carbocycles. The Morgan fingerprint density at radius 1 is 0.861 bits per heavy atom. The van der Waals surface area contributed by atoms with Crippen LogP contribution in [0.2, 0.25) is 0 Å². The van der Waals surface area contributed by atoms with Gasteiger partial charge >= 0.3 is 0 Å². The molecule has 6 nitrogen and oxygen atoms in total. The Bertz CT molecular complexity index is 1250. The smallest absolute Gasteiger partial charge is 0.261 e. The predicted octanol–water partition coefficient (Wildman–Crippen LogP) is 4.69. The number of halogens is 1. The van der Waals surface area contributed by atoms with Gasteiger partial charge in [0.25, 0.3) is 5.91 Å². The second-order valence-electron chi connectivity index (χ2n) is 8.14. The molecule has 1 atom stereocenters. The van der Waals surface area contributed by atoms with Crippen molar-refractivity contribution in [2.75, 3.05) is 6.61 Å². The van der Waals surface area contributed by atoms with Gasteiger partial charge in [-0.05, 0) is 47.0 Å². The number of nitrogens with one attached hydrogen (secondary N) is 1. The predicted molar refractivity (Wildman–Crippen MR) is 134 cm³/mol. The molecule has 36 heavy (non-hydrogen) atoms. The van der Waals surface area contributed by atoms with Crippen molar-refractivity contribution in [1.29, 1.82) is 0 Å². The van der Waals surface area contributed by atoms with Crippen molar-refractivity contribution in [3.8, 4) is 5.75 Å². The molecule has 1 aromatic heterocycles. The molecule has 2 amide bonds. The molecule has 1 heterocycles. The number of hydrogen-bond donors (Lipinski definition) is 1. The van der Waals surface area contributed by atoms with Gasteiger partial charge in [-0.25, -0.2) is 4.39 Å². The number of carbonyl (C=O) groups excluding carboxylic acids is 2. The summed E-state index contributed by atoms with van der Waals surface area (Å²) in [5, 5.41) is 2.93. The van der Waals surface area contributed by atoms with E-state index in [1.165, 1.54) is 17.0 Å². The summed E-state index contributed by atoms with van der Waals surface area (Å²) >= 11 is 0. The van der Waals surface area contributed by atoms with Crippen molar-refractivity contribution < 1.29 is 18.7 Å². The van der Waals surface area contributed by atoms with Crippen LogP contribution in [0.4, 0.5) is 4.39 Å². The SMILES string of the molecule is O=C(NCc1cccnc1)[C@@H](c1ccccc1)N(Cc1ccc(F)cc1)C(=O)COc1ccccc1. The maximum atomic E-state index is 13.6. The van der Waals surface area contributed by atoms with Crippen LogP contribution >= 0.6 is 0 Å². The van der Waals surface area contributed by atoms with Crippen molar-refractivity contribution in [3.05, 3.63) is 132 Å². The van der Waals surface area contributed by atoms with Crippen molar-refractivity contribution in [3.63, 3.8) is 0 Å². The zero-order chi connectivity index (χ0) is 25.2. The van der Waals surface area contributed by atoms with Gasteiger partial charge in [-0.2, -0.15) is 0 Å². The number of benzene rings is 3. The van der Waals surface area contributed by atoms with E-state index in [0.29, 0.717) is 16.9 Å². The molecular weight excluding hydrogens is 457 g/mol.